The number of hydrogen-bond donors (Lipinski definition) is 1. The molecule has 0 bridgehead atoms. The summed E-state index contributed by atoms with van der Waals surface area (Å²) >= 11 is 0. The van der Waals surface area contributed by atoms with Crippen LogP contribution < -0.4 is 5.73 Å². The molecule has 0 fully saturated rings. The highest BCUT2D eigenvalue weighted by atomic mass is 19.4. The highest BCUT2D eigenvalue weighted by molar-refractivity contribution is 5.99. The molecule has 3 rings (SSSR count). The quantitative estimate of drug-likeness (QED) is 0.623. The van der Waals surface area contributed by atoms with Crippen molar-refractivity contribution in [3.05, 3.63) is 76.1 Å². The molecule has 2 aromatic rings. The molecule has 0 saturated carbocycles. The Kier molecular flexibility index (Phi) is 4.63. The monoisotopic (exact) mass is 390 g/mol. The first-order valence-corrected chi connectivity index (χ1v) is 8.10. The number of fused-ring (bicyclic) bond motifs is 1. The lowest BCUT2D eigenvalue weighted by Crippen LogP contribution is -2.35. The maximum atomic E-state index is 13.4. The Hall–Kier alpha value is -3.34. The van der Waals surface area contributed by atoms with Crippen LogP contribution >= 0.6 is 0 Å². The number of rotatable bonds is 2. The van der Waals surface area contributed by atoms with Crippen molar-refractivity contribution in [2.75, 3.05) is 7.11 Å². The van der Waals surface area contributed by atoms with Crippen LogP contribution in [0, 0.1) is 17.1 Å². The average molecular weight is 390 g/mol. The molecule has 1 aliphatic carbocycles. The topological polar surface area (TPSA) is 76.1 Å². The van der Waals surface area contributed by atoms with Gasteiger partial charge < -0.3 is 10.5 Å². The Labute approximate surface area is 157 Å². The van der Waals surface area contributed by atoms with Gasteiger partial charge in [-0.2, -0.15) is 18.4 Å². The molecule has 0 spiro atoms. The van der Waals surface area contributed by atoms with Gasteiger partial charge in [-0.1, -0.05) is 18.2 Å². The van der Waals surface area contributed by atoms with Crippen LogP contribution in [0.5, 0.6) is 0 Å². The van der Waals surface area contributed by atoms with E-state index in [9.17, 15) is 27.6 Å². The number of halogens is 4. The maximum Gasteiger partial charge on any atom is 0.416 e. The van der Waals surface area contributed by atoms with Crippen LogP contribution in [0.3, 0.4) is 0 Å². The number of nitrogens with zero attached hydrogens (tertiary/aromatic N) is 1. The zero-order chi connectivity index (χ0) is 20.7. The zero-order valence-electron chi connectivity index (χ0n) is 14.6. The van der Waals surface area contributed by atoms with E-state index >= 15 is 0 Å². The van der Waals surface area contributed by atoms with Crippen LogP contribution in [0.4, 0.5) is 17.6 Å². The van der Waals surface area contributed by atoms with E-state index in [1.807, 2.05) is 6.07 Å². The number of ether oxygens (including phenoxy) is 1. The Balaban J connectivity index is 2.37. The standard InChI is InChI=1S/C20H14F4N2O2/c1-28-18(27)15-9-19(10-25,11-2-5-13(21)6-3-11)16-8-12(20(22,23)24)4-7-14(16)17(15)26/h2-8H,9,26H2,1H3. The summed E-state index contributed by atoms with van der Waals surface area (Å²) in [5, 5.41) is 10.0. The van der Waals surface area contributed by atoms with Gasteiger partial charge in [0.25, 0.3) is 0 Å². The van der Waals surface area contributed by atoms with E-state index in [0.717, 1.165) is 37.4 Å². The zero-order valence-corrected chi connectivity index (χ0v) is 14.6. The lowest BCUT2D eigenvalue weighted by Gasteiger charge is -2.35. The Bertz CT molecular complexity index is 1020. The number of alkyl halides is 3. The fourth-order valence-electron chi connectivity index (χ4n) is 3.39. The van der Waals surface area contributed by atoms with Crippen LogP contribution in [0.25, 0.3) is 5.70 Å². The van der Waals surface area contributed by atoms with E-state index in [1.165, 1.54) is 12.1 Å². The normalized spacial score (nSPS) is 19.0. The van der Waals surface area contributed by atoms with Gasteiger partial charge in [-0.05, 0) is 35.4 Å². The maximum absolute atomic E-state index is 13.4. The fourth-order valence-corrected chi connectivity index (χ4v) is 3.39. The second kappa shape index (κ2) is 6.68. The molecule has 0 radical (unpaired) electrons. The van der Waals surface area contributed by atoms with E-state index in [2.05, 4.69) is 0 Å². The van der Waals surface area contributed by atoms with Crippen molar-refractivity contribution in [2.45, 2.75) is 18.0 Å². The molecule has 2 aromatic carbocycles. The van der Waals surface area contributed by atoms with Crippen LogP contribution in [-0.2, 0) is 21.1 Å². The summed E-state index contributed by atoms with van der Waals surface area (Å²) in [7, 11) is 1.14. The first kappa shape index (κ1) is 19.4. The summed E-state index contributed by atoms with van der Waals surface area (Å²) in [6.07, 6.45) is -4.94. The summed E-state index contributed by atoms with van der Waals surface area (Å²) < 4.78 is 57.9. The largest absolute Gasteiger partial charge is 0.466 e. The molecule has 0 saturated heterocycles. The Morgan fingerprint density at radius 1 is 1.21 bits per heavy atom. The number of nitriles is 1. The van der Waals surface area contributed by atoms with Gasteiger partial charge >= 0.3 is 12.1 Å². The van der Waals surface area contributed by atoms with Crippen molar-refractivity contribution >= 4 is 11.7 Å². The lowest BCUT2D eigenvalue weighted by molar-refractivity contribution is -0.138. The van der Waals surface area contributed by atoms with E-state index in [4.69, 9.17) is 10.5 Å². The Morgan fingerprint density at radius 2 is 1.86 bits per heavy atom. The second-order valence-electron chi connectivity index (χ2n) is 6.34. The molecular formula is C20H14F4N2O2. The molecule has 4 nitrogen and oxygen atoms in total. The number of carbonyl (C=O) groups excluding carboxylic acids is 1. The minimum absolute atomic E-state index is 0.00147. The van der Waals surface area contributed by atoms with Gasteiger partial charge in [-0.3, -0.25) is 0 Å². The number of hydrogen-bond acceptors (Lipinski definition) is 4. The van der Waals surface area contributed by atoms with Crippen LogP contribution in [0.1, 0.15) is 28.7 Å². The van der Waals surface area contributed by atoms with Gasteiger partial charge in [0, 0.05) is 17.7 Å². The molecule has 0 heterocycles. The molecule has 0 amide bonds. The number of esters is 1. The summed E-state index contributed by atoms with van der Waals surface area (Å²) in [5.74, 6) is -1.36. The smallest absolute Gasteiger partial charge is 0.416 e. The molecule has 144 valence electrons. The van der Waals surface area contributed by atoms with Crippen LogP contribution in [0.2, 0.25) is 0 Å². The van der Waals surface area contributed by atoms with E-state index in [1.54, 1.807) is 0 Å². The molecule has 1 aliphatic rings. The molecule has 2 N–H and O–H groups in total. The van der Waals surface area contributed by atoms with Crippen molar-refractivity contribution in [3.8, 4) is 6.07 Å². The average Bonchev–Trinajstić information content (AvgIpc) is 2.68. The van der Waals surface area contributed by atoms with Crippen molar-refractivity contribution < 1.29 is 27.1 Å². The van der Waals surface area contributed by atoms with Gasteiger partial charge in [-0.15, -0.1) is 0 Å². The van der Waals surface area contributed by atoms with Crippen LogP contribution in [0.15, 0.2) is 48.0 Å². The molecule has 1 atom stereocenters. The van der Waals surface area contributed by atoms with Gasteiger partial charge in [0.1, 0.15) is 11.2 Å². The number of nitrogens with two attached hydrogens (primary N) is 1. The minimum atomic E-state index is -4.64. The highest BCUT2D eigenvalue weighted by Gasteiger charge is 2.45. The third kappa shape index (κ3) is 2.99. The summed E-state index contributed by atoms with van der Waals surface area (Å²) in [5.41, 5.74) is 3.70. The van der Waals surface area contributed by atoms with E-state index < -0.39 is 28.9 Å². The SMILES string of the molecule is COC(=O)C1=C(N)c2ccc(C(F)(F)F)cc2C(C#N)(c2ccc(F)cc2)C1. The second-order valence-corrected chi connectivity index (χ2v) is 6.34. The third-order valence-corrected chi connectivity index (χ3v) is 4.82. The van der Waals surface area contributed by atoms with Gasteiger partial charge in [0.15, 0.2) is 0 Å². The van der Waals surface area contributed by atoms with Gasteiger partial charge in [0.05, 0.1) is 24.3 Å². The fraction of sp³-hybridized carbons (Fsp3) is 0.200. The predicted octanol–water partition coefficient (Wildman–Crippen LogP) is 3.90. The number of carbonyl (C=O) groups is 1. The summed E-state index contributed by atoms with van der Waals surface area (Å²) in [4.78, 5) is 12.2. The van der Waals surface area contributed by atoms with Crippen molar-refractivity contribution in [1.29, 1.82) is 5.26 Å². The van der Waals surface area contributed by atoms with Crippen molar-refractivity contribution in [2.24, 2.45) is 5.73 Å². The van der Waals surface area contributed by atoms with Crippen LogP contribution in [-0.4, -0.2) is 13.1 Å². The molecule has 0 aliphatic heterocycles. The first-order chi connectivity index (χ1) is 13.1. The molecule has 28 heavy (non-hydrogen) atoms. The summed E-state index contributed by atoms with van der Waals surface area (Å²) in [6, 6.07) is 9.65. The highest BCUT2D eigenvalue weighted by Crippen LogP contribution is 2.47. The molecule has 8 heteroatoms. The van der Waals surface area contributed by atoms with E-state index in [-0.39, 0.29) is 34.4 Å². The van der Waals surface area contributed by atoms with Gasteiger partial charge in [-0.25, -0.2) is 9.18 Å². The Morgan fingerprint density at radius 3 is 2.39 bits per heavy atom. The number of methoxy groups -OCH3 is 1. The van der Waals surface area contributed by atoms with Crippen molar-refractivity contribution in [3.63, 3.8) is 0 Å². The minimum Gasteiger partial charge on any atom is -0.466 e. The predicted molar refractivity (Wildman–Crippen MR) is 92.0 cm³/mol. The molecule has 1 unspecified atom stereocenters. The third-order valence-electron chi connectivity index (χ3n) is 4.82. The van der Waals surface area contributed by atoms with E-state index in [0.29, 0.717) is 0 Å². The first-order valence-electron chi connectivity index (χ1n) is 8.10. The number of benzene rings is 2. The summed E-state index contributed by atoms with van der Waals surface area (Å²) in [6.45, 7) is 0. The molecular weight excluding hydrogens is 376 g/mol. The van der Waals surface area contributed by atoms with Gasteiger partial charge in [0.2, 0.25) is 0 Å². The molecule has 0 aromatic heterocycles. The lowest BCUT2D eigenvalue weighted by atomic mass is 9.66. The van der Waals surface area contributed by atoms with Crippen molar-refractivity contribution in [1.82, 2.24) is 0 Å².